The van der Waals surface area contributed by atoms with Crippen molar-refractivity contribution in [1.82, 2.24) is 13.9 Å². The van der Waals surface area contributed by atoms with Crippen molar-refractivity contribution in [2.45, 2.75) is 11.8 Å². The summed E-state index contributed by atoms with van der Waals surface area (Å²) < 4.78 is 28.4. The van der Waals surface area contributed by atoms with E-state index >= 15 is 0 Å². The maximum absolute atomic E-state index is 13.6. The van der Waals surface area contributed by atoms with Crippen molar-refractivity contribution >= 4 is 38.5 Å². The highest BCUT2D eigenvalue weighted by Crippen LogP contribution is 2.35. The van der Waals surface area contributed by atoms with Gasteiger partial charge in [0.25, 0.3) is 10.0 Å². The third kappa shape index (κ3) is 3.35. The molecule has 0 unspecified atom stereocenters. The van der Waals surface area contributed by atoms with Gasteiger partial charge in [-0.05, 0) is 32.2 Å². The first-order valence-electron chi connectivity index (χ1n) is 9.18. The maximum atomic E-state index is 13.6. The average molecular weight is 430 g/mol. The van der Waals surface area contributed by atoms with E-state index in [1.807, 2.05) is 24.9 Å². The number of likely N-dealkylation sites (N-methyl/N-ethyl adjacent to an activating group) is 1. The summed E-state index contributed by atoms with van der Waals surface area (Å²) in [5.74, 6) is 0.512. The Morgan fingerprint density at radius 3 is 2.41 bits per heavy atom. The van der Waals surface area contributed by atoms with E-state index in [1.165, 1.54) is 10.2 Å². The molecule has 150 valence electrons. The molecule has 0 radical (unpaired) electrons. The molecule has 0 N–H and O–H groups in total. The zero-order valence-electron chi connectivity index (χ0n) is 16.1. The number of nitriles is 1. The van der Waals surface area contributed by atoms with Gasteiger partial charge in [-0.25, -0.2) is 17.4 Å². The fraction of sp³-hybridized carbons (Fsp3) is 0.300. The van der Waals surface area contributed by atoms with Gasteiger partial charge in [-0.3, -0.25) is 0 Å². The van der Waals surface area contributed by atoms with Gasteiger partial charge in [0.2, 0.25) is 0 Å². The molecule has 0 bridgehead atoms. The lowest BCUT2D eigenvalue weighted by Crippen LogP contribution is -2.45. The van der Waals surface area contributed by atoms with Gasteiger partial charge < -0.3 is 9.80 Å². The molecule has 0 spiro atoms. The summed E-state index contributed by atoms with van der Waals surface area (Å²) in [4.78, 5) is 8.69. The van der Waals surface area contributed by atoms with Gasteiger partial charge in [0.05, 0.1) is 15.5 Å². The van der Waals surface area contributed by atoms with E-state index in [0.29, 0.717) is 24.3 Å². The Morgan fingerprint density at radius 2 is 1.79 bits per heavy atom. The first kappa shape index (κ1) is 19.7. The summed E-state index contributed by atoms with van der Waals surface area (Å²) in [6, 6.07) is 10.4. The molecule has 3 heterocycles. The van der Waals surface area contributed by atoms with E-state index in [4.69, 9.17) is 11.6 Å². The second-order valence-electron chi connectivity index (χ2n) is 7.21. The molecule has 0 aliphatic carbocycles. The van der Waals surface area contributed by atoms with Crippen LogP contribution in [0.4, 0.5) is 5.82 Å². The minimum absolute atomic E-state index is 0.179. The molecule has 0 amide bonds. The van der Waals surface area contributed by atoms with Crippen LogP contribution in [0.1, 0.15) is 11.1 Å². The molecule has 3 aromatic rings. The number of aryl methyl sites for hydroxylation is 1. The minimum atomic E-state index is -3.91. The molecule has 1 aliphatic heterocycles. The molecule has 0 saturated carbocycles. The lowest BCUT2D eigenvalue weighted by atomic mass is 10.2. The molecule has 1 fully saturated rings. The van der Waals surface area contributed by atoms with Crippen LogP contribution in [0.15, 0.2) is 41.4 Å². The molecule has 9 heteroatoms. The van der Waals surface area contributed by atoms with Crippen LogP contribution in [-0.2, 0) is 10.0 Å². The van der Waals surface area contributed by atoms with E-state index in [-0.39, 0.29) is 21.1 Å². The molecule has 4 rings (SSSR count). The van der Waals surface area contributed by atoms with Crippen LogP contribution in [-0.4, -0.2) is 55.5 Å². The van der Waals surface area contributed by atoms with Gasteiger partial charge in [-0.1, -0.05) is 29.3 Å². The van der Waals surface area contributed by atoms with Gasteiger partial charge in [-0.15, -0.1) is 0 Å². The Kier molecular flexibility index (Phi) is 4.99. The number of aromatic nitrogens is 2. The molecule has 7 nitrogen and oxygen atoms in total. The zero-order valence-corrected chi connectivity index (χ0v) is 17.7. The highest BCUT2D eigenvalue weighted by molar-refractivity contribution is 7.90. The standard InChI is InChI=1S/C20H20ClN5O2S/c1-14-3-5-16(6-4-14)29(27,28)26-18(25-9-7-24(2)8-10-25)11-17-19(21)15(12-22)13-23-20(17)26/h3-6,11,13H,7-10H2,1-2H3. The number of hydrogen-bond acceptors (Lipinski definition) is 6. The summed E-state index contributed by atoms with van der Waals surface area (Å²) in [5.41, 5.74) is 1.41. The summed E-state index contributed by atoms with van der Waals surface area (Å²) in [6.07, 6.45) is 1.32. The quantitative estimate of drug-likeness (QED) is 0.636. The van der Waals surface area contributed by atoms with E-state index < -0.39 is 10.0 Å². The average Bonchev–Trinajstić information content (AvgIpc) is 3.10. The van der Waals surface area contributed by atoms with E-state index in [2.05, 4.69) is 9.88 Å². The molecular weight excluding hydrogens is 410 g/mol. The Bertz CT molecular complexity index is 1220. The van der Waals surface area contributed by atoms with Crippen LogP contribution in [0, 0.1) is 18.3 Å². The number of fused-ring (bicyclic) bond motifs is 1. The highest BCUT2D eigenvalue weighted by Gasteiger charge is 2.29. The van der Waals surface area contributed by atoms with Gasteiger partial charge in [0.15, 0.2) is 5.65 Å². The Hall–Kier alpha value is -2.60. The lowest BCUT2D eigenvalue weighted by Gasteiger charge is -2.34. The summed E-state index contributed by atoms with van der Waals surface area (Å²) in [5, 5.41) is 9.95. The van der Waals surface area contributed by atoms with Crippen LogP contribution >= 0.6 is 11.6 Å². The van der Waals surface area contributed by atoms with Gasteiger partial charge in [0.1, 0.15) is 11.9 Å². The molecular formula is C20H20ClN5O2S. The zero-order chi connectivity index (χ0) is 20.8. The Morgan fingerprint density at radius 1 is 1.14 bits per heavy atom. The van der Waals surface area contributed by atoms with E-state index in [0.717, 1.165) is 18.7 Å². The number of rotatable bonds is 3. The number of halogens is 1. The fourth-order valence-corrected chi connectivity index (χ4v) is 5.18. The number of nitrogens with zero attached hydrogens (tertiary/aromatic N) is 5. The van der Waals surface area contributed by atoms with Gasteiger partial charge in [0, 0.05) is 37.8 Å². The number of pyridine rings is 1. The summed E-state index contributed by atoms with van der Waals surface area (Å²) in [6.45, 7) is 4.90. The predicted octanol–water partition coefficient (Wildman–Crippen LogP) is 2.86. The van der Waals surface area contributed by atoms with E-state index in [9.17, 15) is 13.7 Å². The molecule has 1 aliphatic rings. The minimum Gasteiger partial charge on any atom is -0.355 e. The monoisotopic (exact) mass is 429 g/mol. The maximum Gasteiger partial charge on any atom is 0.271 e. The number of piperazine rings is 1. The third-order valence-corrected chi connectivity index (χ3v) is 7.33. The fourth-order valence-electron chi connectivity index (χ4n) is 3.47. The molecule has 29 heavy (non-hydrogen) atoms. The van der Waals surface area contributed by atoms with Crippen LogP contribution < -0.4 is 4.90 Å². The molecule has 1 aromatic carbocycles. The Balaban J connectivity index is 1.98. The SMILES string of the molecule is Cc1ccc(S(=O)(=O)n2c(N3CCN(C)CC3)cc3c(Cl)c(C#N)cnc32)cc1. The van der Waals surface area contributed by atoms with Crippen molar-refractivity contribution in [3.8, 4) is 6.07 Å². The lowest BCUT2D eigenvalue weighted by molar-refractivity contribution is 0.312. The number of hydrogen-bond donors (Lipinski definition) is 0. The van der Waals surface area contributed by atoms with Crippen LogP contribution in [0.5, 0.6) is 0 Å². The first-order chi connectivity index (χ1) is 13.8. The van der Waals surface area contributed by atoms with Crippen molar-refractivity contribution in [2.75, 3.05) is 38.1 Å². The predicted molar refractivity (Wildman–Crippen MR) is 113 cm³/mol. The molecule has 0 atom stereocenters. The van der Waals surface area contributed by atoms with Crippen molar-refractivity contribution in [3.05, 3.63) is 52.7 Å². The van der Waals surface area contributed by atoms with E-state index in [1.54, 1.807) is 30.3 Å². The van der Waals surface area contributed by atoms with Crippen molar-refractivity contribution < 1.29 is 8.42 Å². The highest BCUT2D eigenvalue weighted by atomic mass is 35.5. The van der Waals surface area contributed by atoms with Crippen molar-refractivity contribution in [3.63, 3.8) is 0 Å². The summed E-state index contributed by atoms with van der Waals surface area (Å²) in [7, 11) is -1.88. The van der Waals surface area contributed by atoms with Crippen molar-refractivity contribution in [1.29, 1.82) is 5.26 Å². The van der Waals surface area contributed by atoms with Crippen molar-refractivity contribution in [2.24, 2.45) is 0 Å². The first-order valence-corrected chi connectivity index (χ1v) is 11.0. The van der Waals surface area contributed by atoms with Gasteiger partial charge >= 0.3 is 0 Å². The molecule has 2 aromatic heterocycles. The number of anilines is 1. The largest absolute Gasteiger partial charge is 0.355 e. The smallest absolute Gasteiger partial charge is 0.271 e. The topological polar surface area (TPSA) is 82.2 Å². The van der Waals surface area contributed by atoms with Crippen LogP contribution in [0.3, 0.4) is 0 Å². The molecule has 1 saturated heterocycles. The summed E-state index contributed by atoms with van der Waals surface area (Å²) >= 11 is 6.41. The second-order valence-corrected chi connectivity index (χ2v) is 9.37. The number of benzene rings is 1. The van der Waals surface area contributed by atoms with Crippen LogP contribution in [0.25, 0.3) is 11.0 Å². The Labute approximate surface area is 174 Å². The third-order valence-electron chi connectivity index (χ3n) is 5.21. The normalized spacial score (nSPS) is 15.6. The second kappa shape index (κ2) is 7.34. The van der Waals surface area contributed by atoms with Crippen LogP contribution in [0.2, 0.25) is 5.02 Å². The van der Waals surface area contributed by atoms with Gasteiger partial charge in [-0.2, -0.15) is 5.26 Å².